The second-order valence-corrected chi connectivity index (χ2v) is 4.28. The molecule has 2 aromatic rings. The maximum atomic E-state index is 5.99. The summed E-state index contributed by atoms with van der Waals surface area (Å²) in [6.07, 6.45) is 0. The number of nitrogens with zero attached hydrogens (tertiary/aromatic N) is 2. The number of hydrogen-bond donors (Lipinski definition) is 0. The van der Waals surface area contributed by atoms with Gasteiger partial charge in [0.05, 0.1) is 18.9 Å². The number of rotatable bonds is 5. The average molecular weight is 279 g/mol. The standard InChI is InChI=1S/C14H15ClN2O2/c1-3-19-12-6-4-10(5-7-12)14-16-11(9-18-2)8-13(15)17-14/h4-8H,3,9H2,1-2H3. The van der Waals surface area contributed by atoms with Gasteiger partial charge in [-0.15, -0.1) is 0 Å². The largest absolute Gasteiger partial charge is 0.494 e. The minimum atomic E-state index is 0.408. The molecule has 2 rings (SSSR count). The summed E-state index contributed by atoms with van der Waals surface area (Å²) in [4.78, 5) is 8.63. The SMILES string of the molecule is CCOc1ccc(-c2nc(Cl)cc(COC)n2)cc1. The second-order valence-electron chi connectivity index (χ2n) is 3.90. The zero-order valence-corrected chi connectivity index (χ0v) is 11.6. The molecule has 1 aromatic heterocycles. The van der Waals surface area contributed by atoms with Gasteiger partial charge in [0.25, 0.3) is 0 Å². The summed E-state index contributed by atoms with van der Waals surface area (Å²) in [5, 5.41) is 0.408. The monoisotopic (exact) mass is 278 g/mol. The quantitative estimate of drug-likeness (QED) is 0.787. The van der Waals surface area contributed by atoms with Gasteiger partial charge in [-0.05, 0) is 37.3 Å². The van der Waals surface area contributed by atoms with Crippen molar-refractivity contribution in [2.45, 2.75) is 13.5 Å². The number of hydrogen-bond acceptors (Lipinski definition) is 4. The van der Waals surface area contributed by atoms with Crippen LogP contribution in [0, 0.1) is 0 Å². The van der Waals surface area contributed by atoms with Crippen LogP contribution in [0.25, 0.3) is 11.4 Å². The van der Waals surface area contributed by atoms with E-state index >= 15 is 0 Å². The molecule has 0 unspecified atom stereocenters. The Morgan fingerprint density at radius 2 is 1.89 bits per heavy atom. The molecule has 0 aliphatic carbocycles. The van der Waals surface area contributed by atoms with Gasteiger partial charge in [-0.25, -0.2) is 9.97 Å². The van der Waals surface area contributed by atoms with Crippen molar-refractivity contribution in [2.75, 3.05) is 13.7 Å². The summed E-state index contributed by atoms with van der Waals surface area (Å²) in [5.41, 5.74) is 1.65. The first-order valence-corrected chi connectivity index (χ1v) is 6.36. The van der Waals surface area contributed by atoms with E-state index in [1.807, 2.05) is 31.2 Å². The third-order valence-corrected chi connectivity index (χ3v) is 2.66. The van der Waals surface area contributed by atoms with Crippen molar-refractivity contribution in [2.24, 2.45) is 0 Å². The summed E-state index contributed by atoms with van der Waals surface area (Å²) in [7, 11) is 1.62. The third-order valence-electron chi connectivity index (χ3n) is 2.46. The number of methoxy groups -OCH3 is 1. The molecule has 100 valence electrons. The highest BCUT2D eigenvalue weighted by atomic mass is 35.5. The van der Waals surface area contributed by atoms with Crippen molar-refractivity contribution in [3.8, 4) is 17.1 Å². The van der Waals surface area contributed by atoms with Crippen LogP contribution in [-0.4, -0.2) is 23.7 Å². The molecule has 0 atom stereocenters. The third kappa shape index (κ3) is 3.66. The maximum absolute atomic E-state index is 5.99. The van der Waals surface area contributed by atoms with Crippen LogP contribution >= 0.6 is 11.6 Å². The zero-order chi connectivity index (χ0) is 13.7. The Bertz CT molecular complexity index is 544. The van der Waals surface area contributed by atoms with Crippen LogP contribution in [0.15, 0.2) is 30.3 Å². The molecule has 1 heterocycles. The highest BCUT2D eigenvalue weighted by Crippen LogP contribution is 2.21. The van der Waals surface area contributed by atoms with Gasteiger partial charge in [0, 0.05) is 12.7 Å². The van der Waals surface area contributed by atoms with Crippen molar-refractivity contribution in [1.82, 2.24) is 9.97 Å². The Labute approximate surface area is 117 Å². The molecular weight excluding hydrogens is 264 g/mol. The second kappa shape index (κ2) is 6.50. The van der Waals surface area contributed by atoms with Crippen molar-refractivity contribution in [3.63, 3.8) is 0 Å². The van der Waals surface area contributed by atoms with Crippen molar-refractivity contribution in [3.05, 3.63) is 41.2 Å². The molecule has 0 bridgehead atoms. The average Bonchev–Trinajstić information content (AvgIpc) is 2.40. The Balaban J connectivity index is 2.29. The van der Waals surface area contributed by atoms with E-state index in [4.69, 9.17) is 21.1 Å². The molecule has 0 radical (unpaired) electrons. The van der Waals surface area contributed by atoms with Crippen LogP contribution < -0.4 is 4.74 Å². The predicted octanol–water partition coefficient (Wildman–Crippen LogP) is 3.34. The molecule has 1 aromatic carbocycles. The molecule has 5 heteroatoms. The molecule has 0 saturated carbocycles. The minimum Gasteiger partial charge on any atom is -0.494 e. The van der Waals surface area contributed by atoms with Gasteiger partial charge in [-0.3, -0.25) is 0 Å². The normalized spacial score (nSPS) is 10.5. The Kier molecular flexibility index (Phi) is 4.71. The van der Waals surface area contributed by atoms with Crippen LogP contribution in [0.5, 0.6) is 5.75 Å². The van der Waals surface area contributed by atoms with E-state index in [1.54, 1.807) is 13.2 Å². The maximum Gasteiger partial charge on any atom is 0.161 e. The van der Waals surface area contributed by atoms with Crippen LogP contribution in [0.4, 0.5) is 0 Å². The number of aromatic nitrogens is 2. The lowest BCUT2D eigenvalue weighted by molar-refractivity contribution is 0.181. The molecule has 19 heavy (non-hydrogen) atoms. The number of benzene rings is 1. The number of halogens is 1. The smallest absolute Gasteiger partial charge is 0.161 e. The summed E-state index contributed by atoms with van der Waals surface area (Å²) in [6, 6.07) is 9.29. The van der Waals surface area contributed by atoms with Gasteiger partial charge in [0.15, 0.2) is 5.82 Å². The van der Waals surface area contributed by atoms with E-state index in [-0.39, 0.29) is 0 Å². The lowest BCUT2D eigenvalue weighted by Gasteiger charge is -2.06. The lowest BCUT2D eigenvalue weighted by atomic mass is 10.2. The Morgan fingerprint density at radius 3 is 2.53 bits per heavy atom. The Hall–Kier alpha value is -1.65. The molecule has 0 aliphatic heterocycles. The molecule has 0 saturated heterocycles. The van der Waals surface area contributed by atoms with Gasteiger partial charge >= 0.3 is 0 Å². The predicted molar refractivity (Wildman–Crippen MR) is 74.4 cm³/mol. The number of ether oxygens (including phenoxy) is 2. The summed E-state index contributed by atoms with van der Waals surface area (Å²) < 4.78 is 10.5. The summed E-state index contributed by atoms with van der Waals surface area (Å²) in [5.74, 6) is 1.41. The molecule has 0 fully saturated rings. The molecule has 0 aliphatic rings. The van der Waals surface area contributed by atoms with Crippen LogP contribution in [0.3, 0.4) is 0 Å². The topological polar surface area (TPSA) is 44.2 Å². The van der Waals surface area contributed by atoms with E-state index in [1.165, 1.54) is 0 Å². The van der Waals surface area contributed by atoms with Gasteiger partial charge in [0.2, 0.25) is 0 Å². The van der Waals surface area contributed by atoms with E-state index in [0.717, 1.165) is 17.0 Å². The van der Waals surface area contributed by atoms with Crippen LogP contribution in [0.1, 0.15) is 12.6 Å². The fraction of sp³-hybridized carbons (Fsp3) is 0.286. The zero-order valence-electron chi connectivity index (χ0n) is 10.9. The van der Waals surface area contributed by atoms with E-state index in [2.05, 4.69) is 9.97 Å². The first-order valence-electron chi connectivity index (χ1n) is 5.98. The van der Waals surface area contributed by atoms with Gasteiger partial charge < -0.3 is 9.47 Å². The first kappa shape index (κ1) is 13.8. The molecule has 0 N–H and O–H groups in total. The minimum absolute atomic E-state index is 0.408. The van der Waals surface area contributed by atoms with E-state index in [0.29, 0.717) is 24.2 Å². The van der Waals surface area contributed by atoms with Crippen LogP contribution in [-0.2, 0) is 11.3 Å². The van der Waals surface area contributed by atoms with E-state index in [9.17, 15) is 0 Å². The van der Waals surface area contributed by atoms with Gasteiger partial charge in [-0.1, -0.05) is 11.6 Å². The highest BCUT2D eigenvalue weighted by molar-refractivity contribution is 6.29. The fourth-order valence-electron chi connectivity index (χ4n) is 1.68. The van der Waals surface area contributed by atoms with Crippen molar-refractivity contribution in [1.29, 1.82) is 0 Å². The molecule has 4 nitrogen and oxygen atoms in total. The molecule has 0 amide bonds. The van der Waals surface area contributed by atoms with E-state index < -0.39 is 0 Å². The van der Waals surface area contributed by atoms with Crippen LogP contribution in [0.2, 0.25) is 5.15 Å². The lowest BCUT2D eigenvalue weighted by Crippen LogP contribution is -1.98. The Morgan fingerprint density at radius 1 is 1.16 bits per heavy atom. The van der Waals surface area contributed by atoms with Crippen molar-refractivity contribution < 1.29 is 9.47 Å². The summed E-state index contributed by atoms with van der Waals surface area (Å²) >= 11 is 5.99. The first-order chi connectivity index (χ1) is 9.22. The fourth-order valence-corrected chi connectivity index (χ4v) is 1.89. The highest BCUT2D eigenvalue weighted by Gasteiger charge is 2.06. The van der Waals surface area contributed by atoms with Crippen molar-refractivity contribution >= 4 is 11.6 Å². The van der Waals surface area contributed by atoms with Gasteiger partial charge in [-0.2, -0.15) is 0 Å². The molecular formula is C14H15ClN2O2. The molecule has 0 spiro atoms. The van der Waals surface area contributed by atoms with Gasteiger partial charge in [0.1, 0.15) is 10.9 Å². The summed E-state index contributed by atoms with van der Waals surface area (Å²) in [6.45, 7) is 3.00.